The van der Waals surface area contributed by atoms with Gasteiger partial charge in [0, 0.05) is 23.2 Å². The first-order valence-electron chi connectivity index (χ1n) is 11.1. The maximum atomic E-state index is 13.1. The molecule has 1 heterocycles. The Morgan fingerprint density at radius 2 is 1.79 bits per heavy atom. The summed E-state index contributed by atoms with van der Waals surface area (Å²) in [7, 11) is 1.94. The number of carbonyl (C=O) groups excluding carboxylic acids is 2. The number of carbonyl (C=O) groups is 2. The molecule has 3 aromatic rings. The highest BCUT2D eigenvalue weighted by Crippen LogP contribution is 2.41. The number of benzene rings is 2. The van der Waals surface area contributed by atoms with Gasteiger partial charge in [-0.05, 0) is 63.7 Å². The van der Waals surface area contributed by atoms with E-state index in [1.54, 1.807) is 0 Å². The molecule has 0 aliphatic heterocycles. The number of furan rings is 1. The van der Waals surface area contributed by atoms with Crippen molar-refractivity contribution < 1.29 is 23.5 Å². The lowest BCUT2D eigenvalue weighted by atomic mass is 9.83. The van der Waals surface area contributed by atoms with Crippen molar-refractivity contribution in [1.29, 1.82) is 0 Å². The second-order valence-corrected chi connectivity index (χ2v) is 8.80. The first-order chi connectivity index (χ1) is 15.7. The minimum Gasteiger partial charge on any atom is -0.464 e. The van der Waals surface area contributed by atoms with Gasteiger partial charge < -0.3 is 13.9 Å². The zero-order valence-electron chi connectivity index (χ0n) is 19.8. The molecule has 0 spiro atoms. The average Bonchev–Trinajstić information content (AvgIpc) is 3.07. The van der Waals surface area contributed by atoms with E-state index in [1.807, 2.05) is 70.0 Å². The van der Waals surface area contributed by atoms with Crippen LogP contribution in [0.1, 0.15) is 51.5 Å². The Morgan fingerprint density at radius 1 is 1.06 bits per heavy atom. The standard InChI is InChI=1S/C27H29NO5/c1-15(2)32-18(5)31-13-12-28(6)14-22-17(4)23-25(29)26(30)24-20-9-7-8-16(3)19(20)10-11-21(24)27(23)33-22/h7-11,15H,5,12-14H2,1-4,6H3. The molecule has 6 heteroatoms. The van der Waals surface area contributed by atoms with E-state index < -0.39 is 11.6 Å². The molecule has 172 valence electrons. The second kappa shape index (κ2) is 8.87. The summed E-state index contributed by atoms with van der Waals surface area (Å²) in [5, 5.41) is 1.75. The van der Waals surface area contributed by atoms with E-state index in [9.17, 15) is 9.59 Å². The smallest absolute Gasteiger partial charge is 0.271 e. The summed E-state index contributed by atoms with van der Waals surface area (Å²) in [5.41, 5.74) is 3.24. The summed E-state index contributed by atoms with van der Waals surface area (Å²) < 4.78 is 17.1. The summed E-state index contributed by atoms with van der Waals surface area (Å²) in [6, 6.07) is 9.66. The molecular weight excluding hydrogens is 418 g/mol. The van der Waals surface area contributed by atoms with Gasteiger partial charge in [-0.3, -0.25) is 14.5 Å². The molecule has 0 fully saturated rings. The van der Waals surface area contributed by atoms with Crippen molar-refractivity contribution in [2.45, 2.75) is 40.3 Å². The van der Waals surface area contributed by atoms with Crippen LogP contribution in [0, 0.1) is 13.8 Å². The number of ether oxygens (including phenoxy) is 2. The van der Waals surface area contributed by atoms with Crippen LogP contribution in [0.3, 0.4) is 0 Å². The lowest BCUT2D eigenvalue weighted by molar-refractivity contribution is 0.00263. The second-order valence-electron chi connectivity index (χ2n) is 8.80. The van der Waals surface area contributed by atoms with Crippen molar-refractivity contribution in [3.05, 3.63) is 70.9 Å². The fourth-order valence-corrected chi connectivity index (χ4v) is 4.29. The first kappa shape index (κ1) is 22.8. The molecular formula is C27H29NO5. The summed E-state index contributed by atoms with van der Waals surface area (Å²) in [5.74, 6) is 0.458. The molecule has 2 aromatic carbocycles. The third-order valence-electron chi connectivity index (χ3n) is 5.95. The number of rotatable bonds is 8. The molecule has 6 nitrogen and oxygen atoms in total. The number of Topliss-reactive ketones (excluding diaryl/α,β-unsaturated/α-hetero) is 2. The van der Waals surface area contributed by atoms with Gasteiger partial charge in [0.2, 0.25) is 11.6 Å². The highest BCUT2D eigenvalue weighted by Gasteiger charge is 2.37. The molecule has 0 atom stereocenters. The molecule has 0 unspecified atom stereocenters. The van der Waals surface area contributed by atoms with Gasteiger partial charge in [0.05, 0.1) is 18.2 Å². The highest BCUT2D eigenvalue weighted by molar-refractivity contribution is 6.54. The van der Waals surface area contributed by atoms with Crippen molar-refractivity contribution in [3.63, 3.8) is 0 Å². The van der Waals surface area contributed by atoms with Gasteiger partial charge in [-0.2, -0.15) is 0 Å². The zero-order chi connectivity index (χ0) is 23.9. The Kier molecular flexibility index (Phi) is 6.13. The molecule has 0 amide bonds. The van der Waals surface area contributed by atoms with Crippen molar-refractivity contribution in [3.8, 4) is 11.3 Å². The van der Waals surface area contributed by atoms with E-state index in [2.05, 4.69) is 6.58 Å². The Balaban J connectivity index is 1.61. The van der Waals surface area contributed by atoms with Gasteiger partial charge in [-0.15, -0.1) is 0 Å². The first-order valence-corrected chi connectivity index (χ1v) is 11.1. The van der Waals surface area contributed by atoms with Crippen molar-refractivity contribution in [2.75, 3.05) is 20.2 Å². The third kappa shape index (κ3) is 4.18. The van der Waals surface area contributed by atoms with Crippen molar-refractivity contribution in [1.82, 2.24) is 4.90 Å². The lowest BCUT2D eigenvalue weighted by Gasteiger charge is -2.18. The maximum Gasteiger partial charge on any atom is 0.271 e. The monoisotopic (exact) mass is 447 g/mol. The van der Waals surface area contributed by atoms with Gasteiger partial charge in [-0.1, -0.05) is 24.3 Å². The highest BCUT2D eigenvalue weighted by atomic mass is 16.7. The van der Waals surface area contributed by atoms with Crippen LogP contribution in [0.5, 0.6) is 0 Å². The van der Waals surface area contributed by atoms with E-state index in [-0.39, 0.29) is 6.10 Å². The molecule has 0 bridgehead atoms. The van der Waals surface area contributed by atoms with Crippen LogP contribution in [0.25, 0.3) is 22.1 Å². The van der Waals surface area contributed by atoms with E-state index in [4.69, 9.17) is 13.9 Å². The Hall–Kier alpha value is -3.38. The minimum absolute atomic E-state index is 0.0106. The van der Waals surface area contributed by atoms with E-state index in [1.165, 1.54) is 0 Å². The van der Waals surface area contributed by atoms with Crippen LogP contribution in [0.2, 0.25) is 0 Å². The van der Waals surface area contributed by atoms with Crippen LogP contribution >= 0.6 is 0 Å². The summed E-state index contributed by atoms with van der Waals surface area (Å²) in [6.45, 7) is 12.9. The molecule has 1 aliphatic rings. The van der Waals surface area contributed by atoms with Crippen molar-refractivity contribution >= 4 is 22.3 Å². The van der Waals surface area contributed by atoms with Gasteiger partial charge in [0.1, 0.15) is 18.1 Å². The largest absolute Gasteiger partial charge is 0.464 e. The maximum absolute atomic E-state index is 13.1. The van der Waals surface area contributed by atoms with E-state index in [0.29, 0.717) is 59.4 Å². The molecule has 0 radical (unpaired) electrons. The number of hydrogen-bond donors (Lipinski definition) is 0. The number of likely N-dealkylation sites (N-methyl/N-ethyl adjacent to an activating group) is 1. The molecule has 0 saturated heterocycles. The van der Waals surface area contributed by atoms with E-state index in [0.717, 1.165) is 16.3 Å². The Bertz CT molecular complexity index is 1270. The predicted octanol–water partition coefficient (Wildman–Crippen LogP) is 5.44. The Labute approximate surface area is 193 Å². The SMILES string of the molecule is C=C(OCCN(C)Cc1oc2c(c1C)C(=O)C(=O)c1c-2ccc2c(C)cccc12)OC(C)C. The molecule has 0 N–H and O–H groups in total. The minimum atomic E-state index is -0.507. The van der Waals surface area contributed by atoms with Crippen LogP contribution in [-0.2, 0) is 16.0 Å². The third-order valence-corrected chi connectivity index (χ3v) is 5.95. The van der Waals surface area contributed by atoms with Crippen LogP contribution in [-0.4, -0.2) is 42.8 Å². The number of nitrogens with zero attached hydrogens (tertiary/aromatic N) is 1. The number of hydrogen-bond acceptors (Lipinski definition) is 6. The summed E-state index contributed by atoms with van der Waals surface area (Å²) >= 11 is 0. The molecule has 4 rings (SSSR count). The van der Waals surface area contributed by atoms with Gasteiger partial charge in [0.25, 0.3) is 5.95 Å². The fraction of sp³-hybridized carbons (Fsp3) is 0.333. The predicted molar refractivity (Wildman–Crippen MR) is 127 cm³/mol. The average molecular weight is 448 g/mol. The van der Waals surface area contributed by atoms with Gasteiger partial charge in [0.15, 0.2) is 0 Å². The fourth-order valence-electron chi connectivity index (χ4n) is 4.29. The zero-order valence-corrected chi connectivity index (χ0v) is 19.8. The topological polar surface area (TPSA) is 69.0 Å². The van der Waals surface area contributed by atoms with Crippen LogP contribution in [0.15, 0.2) is 47.3 Å². The van der Waals surface area contributed by atoms with Crippen molar-refractivity contribution in [2.24, 2.45) is 0 Å². The number of ketones is 2. The normalized spacial score (nSPS) is 12.9. The summed E-state index contributed by atoms with van der Waals surface area (Å²) in [4.78, 5) is 28.3. The molecule has 33 heavy (non-hydrogen) atoms. The Morgan fingerprint density at radius 3 is 2.52 bits per heavy atom. The van der Waals surface area contributed by atoms with Crippen LogP contribution in [0.4, 0.5) is 0 Å². The number of aryl methyl sites for hydroxylation is 1. The molecule has 1 aliphatic carbocycles. The van der Waals surface area contributed by atoms with Gasteiger partial charge >= 0.3 is 0 Å². The summed E-state index contributed by atoms with van der Waals surface area (Å²) in [6.07, 6.45) is 0.0106. The number of fused-ring (bicyclic) bond motifs is 5. The molecule has 0 saturated carbocycles. The quantitative estimate of drug-likeness (QED) is 0.338. The van der Waals surface area contributed by atoms with Crippen LogP contribution < -0.4 is 0 Å². The molecule has 1 aromatic heterocycles. The lowest BCUT2D eigenvalue weighted by Crippen LogP contribution is -2.23. The van der Waals surface area contributed by atoms with E-state index >= 15 is 0 Å². The van der Waals surface area contributed by atoms with Gasteiger partial charge in [-0.25, -0.2) is 0 Å².